The topological polar surface area (TPSA) is 82.0 Å². The molecule has 0 spiro atoms. The highest BCUT2D eigenvalue weighted by atomic mass is 16.1. The molecule has 1 saturated carbocycles. The molecule has 4 nitrogen and oxygen atoms in total. The largest absolute Gasteiger partial charge is 0.383 e. The van der Waals surface area contributed by atoms with Crippen LogP contribution < -0.4 is 11.5 Å². The van der Waals surface area contributed by atoms with E-state index in [1.165, 1.54) is 0 Å². The molecule has 4 N–H and O–H groups in total. The van der Waals surface area contributed by atoms with Crippen LogP contribution in [0.15, 0.2) is 12.3 Å². The van der Waals surface area contributed by atoms with Crippen molar-refractivity contribution in [3.05, 3.63) is 23.4 Å². The summed E-state index contributed by atoms with van der Waals surface area (Å²) in [5.41, 5.74) is 12.9. The van der Waals surface area contributed by atoms with Gasteiger partial charge in [0.25, 0.3) is 0 Å². The van der Waals surface area contributed by atoms with E-state index in [2.05, 4.69) is 4.98 Å². The van der Waals surface area contributed by atoms with Crippen molar-refractivity contribution in [1.29, 1.82) is 0 Å². The Bertz CT molecular complexity index is 424. The minimum Gasteiger partial charge on any atom is -0.383 e. The Morgan fingerprint density at radius 1 is 1.56 bits per heavy atom. The maximum atomic E-state index is 12.0. The van der Waals surface area contributed by atoms with Gasteiger partial charge in [-0.05, 0) is 37.8 Å². The van der Waals surface area contributed by atoms with Crippen LogP contribution in [0.5, 0.6) is 0 Å². The Morgan fingerprint density at radius 3 is 2.81 bits per heavy atom. The van der Waals surface area contributed by atoms with Crippen LogP contribution >= 0.6 is 0 Å². The van der Waals surface area contributed by atoms with Crippen molar-refractivity contribution >= 4 is 11.6 Å². The Labute approximate surface area is 95.0 Å². The highest BCUT2D eigenvalue weighted by Gasteiger charge is 2.35. The molecule has 0 radical (unpaired) electrons. The summed E-state index contributed by atoms with van der Waals surface area (Å²) < 4.78 is 0. The molecule has 0 bridgehead atoms. The van der Waals surface area contributed by atoms with Crippen molar-refractivity contribution in [2.24, 2.45) is 5.73 Å². The minimum atomic E-state index is -0.298. The molecular weight excluding hydrogens is 202 g/mol. The first-order valence-electron chi connectivity index (χ1n) is 5.54. The highest BCUT2D eigenvalue weighted by Crippen LogP contribution is 2.33. The van der Waals surface area contributed by atoms with Crippen LogP contribution in [0, 0.1) is 6.92 Å². The number of pyridine rings is 1. The minimum absolute atomic E-state index is 0.0101. The molecule has 0 unspecified atom stereocenters. The first-order valence-corrected chi connectivity index (χ1v) is 5.54. The van der Waals surface area contributed by atoms with E-state index in [0.29, 0.717) is 17.8 Å². The van der Waals surface area contributed by atoms with Gasteiger partial charge in [0.1, 0.15) is 5.82 Å². The number of anilines is 1. The van der Waals surface area contributed by atoms with E-state index in [1.807, 2.05) is 6.92 Å². The number of aromatic nitrogens is 1. The zero-order valence-electron chi connectivity index (χ0n) is 9.49. The third-order valence-electron chi connectivity index (χ3n) is 3.22. The summed E-state index contributed by atoms with van der Waals surface area (Å²) in [4.78, 5) is 16.0. The van der Waals surface area contributed by atoms with Crippen LogP contribution in [-0.4, -0.2) is 16.3 Å². The average Bonchev–Trinajstić information content (AvgIpc) is 2.19. The summed E-state index contributed by atoms with van der Waals surface area (Å²) in [6.45, 7) is 1.89. The standard InChI is InChI=1S/C12H17N3O/c1-8-5-9(11(13)15-7-8)10(16)6-12(14)3-2-4-12/h5,7H,2-4,6,14H2,1H3,(H2,13,15). The van der Waals surface area contributed by atoms with Gasteiger partial charge in [0.05, 0.1) is 5.56 Å². The Kier molecular flexibility index (Phi) is 2.68. The van der Waals surface area contributed by atoms with Crippen LogP contribution in [0.4, 0.5) is 5.82 Å². The van der Waals surface area contributed by atoms with Crippen LogP contribution in [0.3, 0.4) is 0 Å². The molecule has 0 aromatic carbocycles. The summed E-state index contributed by atoms with van der Waals surface area (Å²) in [7, 11) is 0. The van der Waals surface area contributed by atoms with E-state index >= 15 is 0 Å². The lowest BCUT2D eigenvalue weighted by Gasteiger charge is -2.37. The van der Waals surface area contributed by atoms with Crippen molar-refractivity contribution in [1.82, 2.24) is 4.98 Å². The first-order chi connectivity index (χ1) is 7.50. The van der Waals surface area contributed by atoms with Crippen LogP contribution in [0.25, 0.3) is 0 Å². The number of rotatable bonds is 3. The van der Waals surface area contributed by atoms with Crippen molar-refractivity contribution in [2.75, 3.05) is 5.73 Å². The predicted molar refractivity (Wildman–Crippen MR) is 63.1 cm³/mol. The normalized spacial score (nSPS) is 17.9. The molecule has 1 aromatic rings. The maximum Gasteiger partial charge on any atom is 0.168 e. The van der Waals surface area contributed by atoms with Gasteiger partial charge < -0.3 is 11.5 Å². The quantitative estimate of drug-likeness (QED) is 0.753. The molecule has 1 heterocycles. The number of aryl methyl sites for hydroxylation is 1. The fraction of sp³-hybridized carbons (Fsp3) is 0.500. The summed E-state index contributed by atoms with van der Waals surface area (Å²) in [5, 5.41) is 0. The molecule has 2 rings (SSSR count). The molecule has 0 aliphatic heterocycles. The second-order valence-corrected chi connectivity index (χ2v) is 4.76. The molecular formula is C12H17N3O. The number of ketones is 1. The van der Waals surface area contributed by atoms with Gasteiger partial charge in [-0.1, -0.05) is 0 Å². The molecule has 1 aromatic heterocycles. The molecule has 0 atom stereocenters. The third-order valence-corrected chi connectivity index (χ3v) is 3.22. The van der Waals surface area contributed by atoms with Crippen molar-refractivity contribution < 1.29 is 4.79 Å². The number of nitrogen functional groups attached to an aromatic ring is 1. The molecule has 1 aliphatic rings. The van der Waals surface area contributed by atoms with Gasteiger partial charge in [0.15, 0.2) is 5.78 Å². The number of carbonyl (C=O) groups is 1. The van der Waals surface area contributed by atoms with Crippen molar-refractivity contribution in [2.45, 2.75) is 38.1 Å². The molecule has 16 heavy (non-hydrogen) atoms. The summed E-state index contributed by atoms with van der Waals surface area (Å²) in [5.74, 6) is 0.314. The zero-order chi connectivity index (χ0) is 11.8. The molecule has 0 saturated heterocycles. The van der Waals surface area contributed by atoms with Gasteiger partial charge in [0, 0.05) is 18.2 Å². The second kappa shape index (κ2) is 3.87. The second-order valence-electron chi connectivity index (χ2n) is 4.76. The number of nitrogens with two attached hydrogens (primary N) is 2. The molecule has 4 heteroatoms. The van der Waals surface area contributed by atoms with E-state index in [9.17, 15) is 4.79 Å². The van der Waals surface area contributed by atoms with Crippen molar-refractivity contribution in [3.63, 3.8) is 0 Å². The van der Waals surface area contributed by atoms with Gasteiger partial charge in [-0.15, -0.1) is 0 Å². The Morgan fingerprint density at radius 2 is 2.25 bits per heavy atom. The monoisotopic (exact) mass is 219 g/mol. The number of Topliss-reactive ketones (excluding diaryl/α,β-unsaturated/α-hetero) is 1. The van der Waals surface area contributed by atoms with Gasteiger partial charge in [-0.2, -0.15) is 0 Å². The number of nitrogens with zero attached hydrogens (tertiary/aromatic N) is 1. The van der Waals surface area contributed by atoms with Gasteiger partial charge in [-0.3, -0.25) is 4.79 Å². The van der Waals surface area contributed by atoms with E-state index in [0.717, 1.165) is 24.8 Å². The predicted octanol–water partition coefficient (Wildman–Crippen LogP) is 1.43. The molecule has 0 amide bonds. The number of hydrogen-bond acceptors (Lipinski definition) is 4. The molecule has 86 valence electrons. The Hall–Kier alpha value is -1.42. The van der Waals surface area contributed by atoms with E-state index < -0.39 is 0 Å². The average molecular weight is 219 g/mol. The summed E-state index contributed by atoms with van der Waals surface area (Å²) >= 11 is 0. The Balaban J connectivity index is 2.17. The summed E-state index contributed by atoms with van der Waals surface area (Å²) in [6, 6.07) is 1.78. The lowest BCUT2D eigenvalue weighted by molar-refractivity contribution is 0.0913. The SMILES string of the molecule is Cc1cnc(N)c(C(=O)CC2(N)CCC2)c1. The van der Waals surface area contributed by atoms with Crippen LogP contribution in [-0.2, 0) is 0 Å². The van der Waals surface area contributed by atoms with Gasteiger partial charge >= 0.3 is 0 Å². The van der Waals surface area contributed by atoms with Gasteiger partial charge in [0.2, 0.25) is 0 Å². The number of hydrogen-bond donors (Lipinski definition) is 2. The lowest BCUT2D eigenvalue weighted by Crippen LogP contribution is -2.48. The van der Waals surface area contributed by atoms with Crippen LogP contribution in [0.2, 0.25) is 0 Å². The van der Waals surface area contributed by atoms with Gasteiger partial charge in [-0.25, -0.2) is 4.98 Å². The first kappa shape index (κ1) is 11.1. The zero-order valence-corrected chi connectivity index (χ0v) is 9.49. The highest BCUT2D eigenvalue weighted by molar-refractivity contribution is 6.00. The third kappa shape index (κ3) is 2.07. The number of carbonyl (C=O) groups excluding carboxylic acids is 1. The van der Waals surface area contributed by atoms with E-state index in [1.54, 1.807) is 12.3 Å². The van der Waals surface area contributed by atoms with E-state index in [4.69, 9.17) is 11.5 Å². The van der Waals surface area contributed by atoms with Crippen LogP contribution in [0.1, 0.15) is 41.6 Å². The smallest absolute Gasteiger partial charge is 0.168 e. The summed E-state index contributed by atoms with van der Waals surface area (Å²) in [6.07, 6.45) is 5.01. The van der Waals surface area contributed by atoms with E-state index in [-0.39, 0.29) is 11.3 Å². The fourth-order valence-electron chi connectivity index (χ4n) is 2.03. The fourth-order valence-corrected chi connectivity index (χ4v) is 2.03. The lowest BCUT2D eigenvalue weighted by atomic mass is 9.74. The maximum absolute atomic E-state index is 12.0. The molecule has 1 aliphatic carbocycles. The molecule has 1 fully saturated rings. The van der Waals surface area contributed by atoms with Crippen molar-refractivity contribution in [3.8, 4) is 0 Å².